The zero-order chi connectivity index (χ0) is 13.5. The van der Waals surface area contributed by atoms with E-state index in [9.17, 15) is 0 Å². The summed E-state index contributed by atoms with van der Waals surface area (Å²) < 4.78 is 10.8. The van der Waals surface area contributed by atoms with Crippen LogP contribution in [0, 0.1) is 0 Å². The van der Waals surface area contributed by atoms with Crippen molar-refractivity contribution in [2.24, 2.45) is 0 Å². The fourth-order valence-corrected chi connectivity index (χ4v) is 2.42. The molecule has 1 aromatic carbocycles. The molecule has 3 nitrogen and oxygen atoms in total. The lowest BCUT2D eigenvalue weighted by molar-refractivity contribution is 0.107. The Morgan fingerprint density at radius 3 is 2.79 bits per heavy atom. The minimum absolute atomic E-state index is 0.434. The third kappa shape index (κ3) is 4.84. The molecule has 0 amide bonds. The predicted molar refractivity (Wildman–Crippen MR) is 77.8 cm³/mol. The van der Waals surface area contributed by atoms with Crippen LogP contribution in [-0.2, 0) is 11.2 Å². The Kier molecular flexibility index (Phi) is 5.67. The summed E-state index contributed by atoms with van der Waals surface area (Å²) in [6.45, 7) is 4.18. The van der Waals surface area contributed by atoms with E-state index in [0.717, 1.165) is 31.7 Å². The molecule has 0 radical (unpaired) electrons. The molecule has 2 unspecified atom stereocenters. The molecule has 0 aromatic heterocycles. The van der Waals surface area contributed by atoms with Gasteiger partial charge in [-0.05, 0) is 50.3 Å². The number of aryl methyl sites for hydroxylation is 1. The molecule has 0 aliphatic carbocycles. The highest BCUT2D eigenvalue weighted by Crippen LogP contribution is 2.14. The van der Waals surface area contributed by atoms with Gasteiger partial charge in [0.1, 0.15) is 5.75 Å². The molecule has 19 heavy (non-hydrogen) atoms. The number of rotatable bonds is 7. The van der Waals surface area contributed by atoms with E-state index in [1.807, 2.05) is 12.1 Å². The van der Waals surface area contributed by atoms with Crippen LogP contribution in [0.25, 0.3) is 0 Å². The fourth-order valence-electron chi connectivity index (χ4n) is 2.42. The van der Waals surface area contributed by atoms with Gasteiger partial charge in [-0.1, -0.05) is 12.1 Å². The number of benzene rings is 1. The molecule has 0 spiro atoms. The van der Waals surface area contributed by atoms with E-state index in [2.05, 4.69) is 24.4 Å². The van der Waals surface area contributed by atoms with Gasteiger partial charge >= 0.3 is 0 Å². The van der Waals surface area contributed by atoms with Gasteiger partial charge in [0.15, 0.2) is 0 Å². The van der Waals surface area contributed by atoms with Crippen LogP contribution in [0.4, 0.5) is 0 Å². The van der Waals surface area contributed by atoms with Crippen LogP contribution in [0.1, 0.15) is 31.7 Å². The van der Waals surface area contributed by atoms with Gasteiger partial charge in [-0.2, -0.15) is 0 Å². The Morgan fingerprint density at radius 1 is 1.37 bits per heavy atom. The van der Waals surface area contributed by atoms with Crippen LogP contribution in [0.3, 0.4) is 0 Å². The van der Waals surface area contributed by atoms with E-state index in [4.69, 9.17) is 9.47 Å². The van der Waals surface area contributed by atoms with Gasteiger partial charge < -0.3 is 14.8 Å². The first-order valence-corrected chi connectivity index (χ1v) is 7.26. The third-order valence-electron chi connectivity index (χ3n) is 3.74. The summed E-state index contributed by atoms with van der Waals surface area (Å²) in [7, 11) is 1.70. The summed E-state index contributed by atoms with van der Waals surface area (Å²) in [5, 5.41) is 3.57. The number of hydrogen-bond acceptors (Lipinski definition) is 3. The summed E-state index contributed by atoms with van der Waals surface area (Å²) in [6.07, 6.45) is 5.11. The van der Waals surface area contributed by atoms with Gasteiger partial charge in [0.25, 0.3) is 0 Å². The molecule has 106 valence electrons. The number of ether oxygens (including phenoxy) is 2. The molecule has 1 fully saturated rings. The highest BCUT2D eigenvalue weighted by atomic mass is 16.5. The largest absolute Gasteiger partial charge is 0.497 e. The van der Waals surface area contributed by atoms with E-state index in [1.165, 1.54) is 18.4 Å². The van der Waals surface area contributed by atoms with E-state index in [1.54, 1.807) is 7.11 Å². The molecule has 0 bridgehead atoms. The molecule has 1 saturated heterocycles. The Hall–Kier alpha value is -1.06. The van der Waals surface area contributed by atoms with Crippen molar-refractivity contribution in [3.05, 3.63) is 29.8 Å². The molecule has 1 aliphatic rings. The van der Waals surface area contributed by atoms with Crippen LogP contribution in [0.2, 0.25) is 0 Å². The monoisotopic (exact) mass is 263 g/mol. The van der Waals surface area contributed by atoms with E-state index >= 15 is 0 Å². The first-order chi connectivity index (χ1) is 9.28. The minimum Gasteiger partial charge on any atom is -0.497 e. The average molecular weight is 263 g/mol. The predicted octanol–water partition coefficient (Wildman–Crippen LogP) is 2.78. The second-order valence-corrected chi connectivity index (χ2v) is 5.33. The van der Waals surface area contributed by atoms with Crippen molar-refractivity contribution in [3.8, 4) is 5.75 Å². The van der Waals surface area contributed by atoms with E-state index in [-0.39, 0.29) is 0 Å². The van der Waals surface area contributed by atoms with Crippen LogP contribution in [0.5, 0.6) is 5.75 Å². The summed E-state index contributed by atoms with van der Waals surface area (Å²) in [4.78, 5) is 0. The first-order valence-electron chi connectivity index (χ1n) is 7.26. The molecule has 1 aromatic rings. The Labute approximate surface area is 116 Å². The number of nitrogens with one attached hydrogen (secondary N) is 1. The highest BCUT2D eigenvalue weighted by Gasteiger charge is 2.15. The fraction of sp³-hybridized carbons (Fsp3) is 0.625. The number of hydrogen-bond donors (Lipinski definition) is 1. The van der Waals surface area contributed by atoms with Crippen molar-refractivity contribution < 1.29 is 9.47 Å². The first kappa shape index (κ1) is 14.4. The quantitative estimate of drug-likeness (QED) is 0.820. The molecular weight excluding hydrogens is 238 g/mol. The zero-order valence-electron chi connectivity index (χ0n) is 12.0. The highest BCUT2D eigenvalue weighted by molar-refractivity contribution is 5.27. The maximum atomic E-state index is 5.62. The molecule has 0 saturated carbocycles. The van der Waals surface area contributed by atoms with Crippen molar-refractivity contribution in [1.82, 2.24) is 5.32 Å². The van der Waals surface area contributed by atoms with Crippen molar-refractivity contribution >= 4 is 0 Å². The Balaban J connectivity index is 1.65. The van der Waals surface area contributed by atoms with Gasteiger partial charge in [-0.25, -0.2) is 0 Å². The maximum absolute atomic E-state index is 5.62. The van der Waals surface area contributed by atoms with Gasteiger partial charge in [0.05, 0.1) is 13.2 Å². The van der Waals surface area contributed by atoms with Gasteiger partial charge in [0, 0.05) is 19.2 Å². The molecule has 1 aliphatic heterocycles. The second kappa shape index (κ2) is 7.51. The molecule has 1 heterocycles. The third-order valence-corrected chi connectivity index (χ3v) is 3.74. The lowest BCUT2D eigenvalue weighted by Gasteiger charge is -2.17. The standard InChI is InChI=1S/C16H25NO2/c1-13(17-12-16-4-3-11-19-16)5-6-14-7-9-15(18-2)10-8-14/h7-10,13,16-17H,3-6,11-12H2,1-2H3. The molecule has 3 heteroatoms. The van der Waals surface area contributed by atoms with E-state index in [0.29, 0.717) is 12.1 Å². The molecular formula is C16H25NO2. The zero-order valence-corrected chi connectivity index (χ0v) is 12.0. The molecule has 2 rings (SSSR count). The normalized spacial score (nSPS) is 20.4. The van der Waals surface area contributed by atoms with E-state index < -0.39 is 0 Å². The van der Waals surface area contributed by atoms with Crippen molar-refractivity contribution in [2.45, 2.75) is 44.8 Å². The van der Waals surface area contributed by atoms with Gasteiger partial charge in [0.2, 0.25) is 0 Å². The SMILES string of the molecule is COc1ccc(CCC(C)NCC2CCCO2)cc1. The Morgan fingerprint density at radius 2 is 2.16 bits per heavy atom. The maximum Gasteiger partial charge on any atom is 0.118 e. The summed E-state index contributed by atoms with van der Waals surface area (Å²) in [5.74, 6) is 0.924. The van der Waals surface area contributed by atoms with Crippen LogP contribution < -0.4 is 10.1 Å². The van der Waals surface area contributed by atoms with Crippen molar-refractivity contribution in [3.63, 3.8) is 0 Å². The second-order valence-electron chi connectivity index (χ2n) is 5.33. The summed E-state index contributed by atoms with van der Waals surface area (Å²) in [6, 6.07) is 8.88. The number of methoxy groups -OCH3 is 1. The van der Waals surface area contributed by atoms with Crippen LogP contribution in [0.15, 0.2) is 24.3 Å². The molecule has 1 N–H and O–H groups in total. The Bertz CT molecular complexity index is 358. The van der Waals surface area contributed by atoms with Gasteiger partial charge in [-0.15, -0.1) is 0 Å². The lowest BCUT2D eigenvalue weighted by Crippen LogP contribution is -2.33. The summed E-state index contributed by atoms with van der Waals surface area (Å²) in [5.41, 5.74) is 1.37. The average Bonchev–Trinajstić information content (AvgIpc) is 2.96. The lowest BCUT2D eigenvalue weighted by atomic mass is 10.1. The molecule has 2 atom stereocenters. The van der Waals surface area contributed by atoms with Gasteiger partial charge in [-0.3, -0.25) is 0 Å². The smallest absolute Gasteiger partial charge is 0.118 e. The van der Waals surface area contributed by atoms with Crippen LogP contribution >= 0.6 is 0 Å². The van der Waals surface area contributed by atoms with Crippen molar-refractivity contribution in [1.29, 1.82) is 0 Å². The summed E-state index contributed by atoms with van der Waals surface area (Å²) >= 11 is 0. The minimum atomic E-state index is 0.434. The topological polar surface area (TPSA) is 30.5 Å². The van der Waals surface area contributed by atoms with Crippen LogP contribution in [-0.4, -0.2) is 32.4 Å². The van der Waals surface area contributed by atoms with Crippen molar-refractivity contribution in [2.75, 3.05) is 20.3 Å².